The zero-order valence-electron chi connectivity index (χ0n) is 11.4. The number of pyridine rings is 1. The molecule has 18 heavy (non-hydrogen) atoms. The Bertz CT molecular complexity index is 405. The molecule has 0 spiro atoms. The van der Waals surface area contributed by atoms with E-state index >= 15 is 0 Å². The summed E-state index contributed by atoms with van der Waals surface area (Å²) in [7, 11) is 0. The molecule has 0 bridgehead atoms. The Morgan fingerprint density at radius 1 is 1.33 bits per heavy atom. The first-order valence-electron chi connectivity index (χ1n) is 6.44. The quantitative estimate of drug-likeness (QED) is 0.839. The Hall–Kier alpha value is -1.42. The van der Waals surface area contributed by atoms with E-state index in [4.69, 9.17) is 5.11 Å². The van der Waals surface area contributed by atoms with E-state index in [2.05, 4.69) is 11.9 Å². The summed E-state index contributed by atoms with van der Waals surface area (Å²) >= 11 is 0. The Morgan fingerprint density at radius 3 is 2.61 bits per heavy atom. The summed E-state index contributed by atoms with van der Waals surface area (Å²) < 4.78 is 0. The predicted molar refractivity (Wildman–Crippen MR) is 71.6 cm³/mol. The highest BCUT2D eigenvalue weighted by Gasteiger charge is 2.17. The third kappa shape index (κ3) is 3.81. The maximum atomic E-state index is 12.3. The van der Waals surface area contributed by atoms with Gasteiger partial charge in [0.1, 0.15) is 0 Å². The number of carbonyl (C=O) groups is 1. The van der Waals surface area contributed by atoms with Gasteiger partial charge >= 0.3 is 0 Å². The van der Waals surface area contributed by atoms with Gasteiger partial charge in [-0.05, 0) is 32.4 Å². The van der Waals surface area contributed by atoms with E-state index in [1.54, 1.807) is 4.90 Å². The number of unbranched alkanes of at least 4 members (excludes halogenated alkanes) is 1. The molecular weight excluding hydrogens is 228 g/mol. The van der Waals surface area contributed by atoms with Crippen LogP contribution >= 0.6 is 0 Å². The van der Waals surface area contributed by atoms with Gasteiger partial charge in [0.2, 0.25) is 0 Å². The van der Waals surface area contributed by atoms with Crippen molar-refractivity contribution in [1.29, 1.82) is 0 Å². The number of hydrogen-bond acceptors (Lipinski definition) is 3. The molecule has 1 N–H and O–H groups in total. The van der Waals surface area contributed by atoms with Crippen LogP contribution in [0.2, 0.25) is 0 Å². The molecule has 0 aromatic carbocycles. The van der Waals surface area contributed by atoms with E-state index in [0.29, 0.717) is 18.7 Å². The van der Waals surface area contributed by atoms with Gasteiger partial charge in [0.05, 0.1) is 17.9 Å². The molecule has 0 fully saturated rings. The molecule has 100 valence electrons. The largest absolute Gasteiger partial charge is 0.395 e. The fourth-order valence-electron chi connectivity index (χ4n) is 1.87. The van der Waals surface area contributed by atoms with Gasteiger partial charge in [0.15, 0.2) is 0 Å². The number of amides is 1. The van der Waals surface area contributed by atoms with Crippen LogP contribution in [0.25, 0.3) is 0 Å². The second kappa shape index (κ2) is 7.11. The number of aliphatic hydroxyl groups is 1. The van der Waals surface area contributed by atoms with Crippen molar-refractivity contribution in [2.45, 2.75) is 33.6 Å². The zero-order valence-corrected chi connectivity index (χ0v) is 11.4. The average Bonchev–Trinajstić information content (AvgIpc) is 2.33. The summed E-state index contributed by atoms with van der Waals surface area (Å²) in [6.45, 7) is 6.89. The molecule has 1 rings (SSSR count). The smallest absolute Gasteiger partial charge is 0.255 e. The molecule has 0 aliphatic heterocycles. The first-order valence-corrected chi connectivity index (χ1v) is 6.44. The fraction of sp³-hybridized carbons (Fsp3) is 0.571. The number of carbonyl (C=O) groups excluding carboxylic acids is 1. The third-order valence-electron chi connectivity index (χ3n) is 2.89. The number of nitrogens with zero attached hydrogens (tertiary/aromatic N) is 2. The molecule has 0 radical (unpaired) electrons. The van der Waals surface area contributed by atoms with Gasteiger partial charge in [-0.1, -0.05) is 13.3 Å². The minimum Gasteiger partial charge on any atom is -0.395 e. The summed E-state index contributed by atoms with van der Waals surface area (Å²) in [6.07, 6.45) is 1.98. The van der Waals surface area contributed by atoms with Crippen molar-refractivity contribution >= 4 is 5.91 Å². The molecule has 4 heteroatoms. The molecule has 4 nitrogen and oxygen atoms in total. The molecule has 0 saturated carbocycles. The van der Waals surface area contributed by atoms with E-state index in [-0.39, 0.29) is 12.5 Å². The number of aromatic nitrogens is 1. The van der Waals surface area contributed by atoms with Crippen molar-refractivity contribution in [2.75, 3.05) is 19.7 Å². The predicted octanol–water partition coefficient (Wildman–Crippen LogP) is 1.93. The molecule has 1 amide bonds. The summed E-state index contributed by atoms with van der Waals surface area (Å²) in [5.41, 5.74) is 2.29. The molecule has 1 aromatic rings. The second-order valence-corrected chi connectivity index (χ2v) is 4.45. The van der Waals surface area contributed by atoms with Crippen LogP contribution < -0.4 is 0 Å². The van der Waals surface area contributed by atoms with Crippen molar-refractivity contribution in [3.8, 4) is 0 Å². The van der Waals surface area contributed by atoms with Gasteiger partial charge in [-0.3, -0.25) is 9.78 Å². The van der Waals surface area contributed by atoms with Gasteiger partial charge in [0, 0.05) is 18.8 Å². The molecule has 1 aromatic heterocycles. The van der Waals surface area contributed by atoms with Crippen LogP contribution in [-0.2, 0) is 0 Å². The molecule has 0 unspecified atom stereocenters. The molecule has 1 heterocycles. The number of aryl methyl sites for hydroxylation is 2. The lowest BCUT2D eigenvalue weighted by atomic mass is 10.1. The van der Waals surface area contributed by atoms with Crippen molar-refractivity contribution in [3.63, 3.8) is 0 Å². The van der Waals surface area contributed by atoms with E-state index in [1.165, 1.54) is 0 Å². The minimum absolute atomic E-state index is 0.00616. The maximum Gasteiger partial charge on any atom is 0.255 e. The second-order valence-electron chi connectivity index (χ2n) is 4.45. The van der Waals surface area contributed by atoms with E-state index < -0.39 is 0 Å². The molecule has 0 atom stereocenters. The first-order chi connectivity index (χ1) is 8.60. The summed E-state index contributed by atoms with van der Waals surface area (Å²) in [6, 6.07) is 3.66. The lowest BCUT2D eigenvalue weighted by molar-refractivity contribution is 0.0718. The van der Waals surface area contributed by atoms with E-state index in [1.807, 2.05) is 26.0 Å². The highest BCUT2D eigenvalue weighted by atomic mass is 16.3. The van der Waals surface area contributed by atoms with Gasteiger partial charge in [-0.2, -0.15) is 0 Å². The van der Waals surface area contributed by atoms with Crippen LogP contribution in [0.4, 0.5) is 0 Å². The lowest BCUT2D eigenvalue weighted by Crippen LogP contribution is -2.35. The average molecular weight is 250 g/mol. The van der Waals surface area contributed by atoms with Gasteiger partial charge in [0.25, 0.3) is 5.91 Å². The van der Waals surface area contributed by atoms with Crippen LogP contribution in [0.1, 0.15) is 41.5 Å². The maximum absolute atomic E-state index is 12.3. The highest BCUT2D eigenvalue weighted by molar-refractivity contribution is 5.95. The van der Waals surface area contributed by atoms with Crippen molar-refractivity contribution in [1.82, 2.24) is 9.88 Å². The third-order valence-corrected chi connectivity index (χ3v) is 2.89. The van der Waals surface area contributed by atoms with E-state index in [9.17, 15) is 4.79 Å². The van der Waals surface area contributed by atoms with Crippen LogP contribution in [0, 0.1) is 13.8 Å². The Kier molecular flexibility index (Phi) is 5.78. The molecular formula is C14H22N2O2. The normalized spacial score (nSPS) is 10.4. The molecule has 0 aliphatic rings. The SMILES string of the molecule is CCCCN(CCO)C(=O)c1ccc(C)nc1C. The number of rotatable bonds is 6. The first kappa shape index (κ1) is 14.6. The van der Waals surface area contributed by atoms with Crippen molar-refractivity contribution < 1.29 is 9.90 Å². The van der Waals surface area contributed by atoms with Crippen LogP contribution in [0.3, 0.4) is 0 Å². The topological polar surface area (TPSA) is 53.4 Å². The Balaban J connectivity index is 2.87. The van der Waals surface area contributed by atoms with Gasteiger partial charge in [-0.15, -0.1) is 0 Å². The van der Waals surface area contributed by atoms with Gasteiger partial charge in [-0.25, -0.2) is 0 Å². The lowest BCUT2D eigenvalue weighted by Gasteiger charge is -2.22. The minimum atomic E-state index is -0.0394. The standard InChI is InChI=1S/C14H22N2O2/c1-4-5-8-16(9-10-17)14(18)13-7-6-11(2)15-12(13)3/h6-7,17H,4-5,8-10H2,1-3H3. The summed E-state index contributed by atoms with van der Waals surface area (Å²) in [5.74, 6) is -0.0394. The molecule has 0 aliphatic carbocycles. The van der Waals surface area contributed by atoms with Gasteiger partial charge < -0.3 is 10.0 Å². The number of hydrogen-bond donors (Lipinski definition) is 1. The Labute approximate surface area is 109 Å². The van der Waals surface area contributed by atoms with Crippen LogP contribution in [-0.4, -0.2) is 40.6 Å². The van der Waals surface area contributed by atoms with Crippen molar-refractivity contribution in [3.05, 3.63) is 29.1 Å². The summed E-state index contributed by atoms with van der Waals surface area (Å²) in [5, 5.41) is 9.04. The monoisotopic (exact) mass is 250 g/mol. The van der Waals surface area contributed by atoms with Crippen LogP contribution in [0.15, 0.2) is 12.1 Å². The Morgan fingerprint density at radius 2 is 2.06 bits per heavy atom. The number of aliphatic hydroxyl groups excluding tert-OH is 1. The van der Waals surface area contributed by atoms with Crippen molar-refractivity contribution in [2.24, 2.45) is 0 Å². The zero-order chi connectivity index (χ0) is 13.5. The molecule has 0 saturated heterocycles. The fourth-order valence-corrected chi connectivity index (χ4v) is 1.87. The van der Waals surface area contributed by atoms with E-state index in [0.717, 1.165) is 24.2 Å². The summed E-state index contributed by atoms with van der Waals surface area (Å²) in [4.78, 5) is 18.4. The van der Waals surface area contributed by atoms with Crippen LogP contribution in [0.5, 0.6) is 0 Å². The highest BCUT2D eigenvalue weighted by Crippen LogP contribution is 2.11.